The van der Waals surface area contributed by atoms with E-state index in [-0.39, 0.29) is 17.9 Å². The Balaban J connectivity index is 3.21. The molecule has 0 aromatic heterocycles. The van der Waals surface area contributed by atoms with Crippen molar-refractivity contribution in [1.82, 2.24) is 15.5 Å². The molecule has 0 spiro atoms. The van der Waals surface area contributed by atoms with E-state index in [1.165, 1.54) is 0 Å². The summed E-state index contributed by atoms with van der Waals surface area (Å²) in [6.45, 7) is 15.5. The number of benzene rings is 1. The van der Waals surface area contributed by atoms with Gasteiger partial charge in [0.1, 0.15) is 6.04 Å². The lowest BCUT2D eigenvalue weighted by molar-refractivity contribution is -0.140. The van der Waals surface area contributed by atoms with Crippen LogP contribution < -0.4 is 10.6 Å². The zero-order valence-corrected chi connectivity index (χ0v) is 23.2. The summed E-state index contributed by atoms with van der Waals surface area (Å²) in [5.74, 6) is -0.847. The zero-order chi connectivity index (χ0) is 27.0. The quantitative estimate of drug-likeness (QED) is 0.366. The first-order valence-electron chi connectivity index (χ1n) is 12.4. The van der Waals surface area contributed by atoms with Crippen LogP contribution in [-0.4, -0.2) is 61.5 Å². The lowest BCUT2D eigenvalue weighted by atomic mass is 9.76. The number of esters is 1. The van der Waals surface area contributed by atoms with E-state index in [0.29, 0.717) is 18.6 Å². The van der Waals surface area contributed by atoms with Gasteiger partial charge in [0, 0.05) is 18.0 Å². The van der Waals surface area contributed by atoms with E-state index >= 15 is 0 Å². The van der Waals surface area contributed by atoms with Crippen molar-refractivity contribution in [2.75, 3.05) is 20.7 Å². The smallest absolute Gasteiger partial charge is 0.333 e. The van der Waals surface area contributed by atoms with Gasteiger partial charge in [-0.1, -0.05) is 78.0 Å². The predicted molar refractivity (Wildman–Crippen MR) is 141 cm³/mol. The number of rotatable bonds is 11. The molecule has 0 radical (unpaired) electrons. The van der Waals surface area contributed by atoms with Gasteiger partial charge in [-0.05, 0) is 38.3 Å². The van der Waals surface area contributed by atoms with E-state index in [1.807, 2.05) is 71.9 Å². The van der Waals surface area contributed by atoms with Gasteiger partial charge in [-0.15, -0.1) is 0 Å². The Kier molecular flexibility index (Phi) is 11.2. The Bertz CT molecular complexity index is 887. The zero-order valence-electron chi connectivity index (χ0n) is 23.2. The summed E-state index contributed by atoms with van der Waals surface area (Å²) in [6, 6.07) is 8.23. The van der Waals surface area contributed by atoms with Gasteiger partial charge in [-0.2, -0.15) is 0 Å². The fourth-order valence-corrected chi connectivity index (χ4v) is 4.20. The van der Waals surface area contributed by atoms with Crippen molar-refractivity contribution in [3.8, 4) is 0 Å². The van der Waals surface area contributed by atoms with Crippen molar-refractivity contribution in [2.45, 2.75) is 85.4 Å². The molecule has 0 aliphatic rings. The van der Waals surface area contributed by atoms with Crippen LogP contribution >= 0.6 is 0 Å². The molecule has 0 aliphatic carbocycles. The van der Waals surface area contributed by atoms with Crippen molar-refractivity contribution in [3.63, 3.8) is 0 Å². The van der Waals surface area contributed by atoms with Gasteiger partial charge >= 0.3 is 5.97 Å². The first-order valence-corrected chi connectivity index (χ1v) is 12.4. The van der Waals surface area contributed by atoms with Crippen LogP contribution in [0.2, 0.25) is 0 Å². The number of likely N-dealkylation sites (N-methyl/N-ethyl adjacent to an activating group) is 2. The van der Waals surface area contributed by atoms with Crippen LogP contribution in [0.25, 0.3) is 0 Å². The fraction of sp³-hybridized carbons (Fsp3) is 0.607. The van der Waals surface area contributed by atoms with Gasteiger partial charge in [0.25, 0.3) is 0 Å². The summed E-state index contributed by atoms with van der Waals surface area (Å²) in [7, 11) is 3.46. The molecule has 2 N–H and O–H groups in total. The predicted octanol–water partition coefficient (Wildman–Crippen LogP) is 3.83. The standard InChI is InChI=1S/C28H45N3O4/c1-11-21(18-19(3)26(34)35-12-2)31(10)25(33)23(27(4,5)6)30-24(32)22(29-9)28(7,8)20-16-14-13-15-17-20/h13-18,21-23,29H,11-12H2,1-10H3,(H,30,32)/t21-,22+,23+/m0/s1. The third-order valence-electron chi connectivity index (χ3n) is 6.49. The van der Waals surface area contributed by atoms with E-state index in [0.717, 1.165) is 5.56 Å². The molecule has 7 nitrogen and oxygen atoms in total. The average molecular weight is 488 g/mol. The number of hydrogen-bond donors (Lipinski definition) is 2. The third kappa shape index (κ3) is 7.92. The molecular weight excluding hydrogens is 442 g/mol. The maximum Gasteiger partial charge on any atom is 0.333 e. The van der Waals surface area contributed by atoms with Gasteiger partial charge in [-0.3, -0.25) is 9.59 Å². The SMILES string of the molecule is CCOC(=O)C(C)=C[C@H](CC)N(C)C(=O)[C@@H](NC(=O)[C@@H](NC)C(C)(C)c1ccccc1)C(C)(C)C. The number of nitrogens with zero attached hydrogens (tertiary/aromatic N) is 1. The van der Waals surface area contributed by atoms with Crippen molar-refractivity contribution in [1.29, 1.82) is 0 Å². The number of ether oxygens (including phenoxy) is 1. The average Bonchev–Trinajstić information content (AvgIpc) is 2.80. The minimum absolute atomic E-state index is 0.210. The highest BCUT2D eigenvalue weighted by Crippen LogP contribution is 2.28. The second-order valence-electron chi connectivity index (χ2n) is 10.6. The molecule has 35 heavy (non-hydrogen) atoms. The monoisotopic (exact) mass is 487 g/mol. The Morgan fingerprint density at radius 1 is 1.03 bits per heavy atom. The molecule has 1 rings (SSSR count). The second kappa shape index (κ2) is 12.9. The molecule has 3 atom stereocenters. The Labute approximate surface area is 211 Å². The number of carbonyl (C=O) groups is 3. The van der Waals surface area contributed by atoms with Gasteiger partial charge in [0.2, 0.25) is 11.8 Å². The van der Waals surface area contributed by atoms with Crippen molar-refractivity contribution in [2.24, 2.45) is 5.41 Å². The molecule has 0 aliphatic heterocycles. The van der Waals surface area contributed by atoms with Crippen LogP contribution in [0.3, 0.4) is 0 Å². The Hall–Kier alpha value is -2.67. The molecule has 0 unspecified atom stereocenters. The minimum atomic E-state index is -0.757. The topological polar surface area (TPSA) is 87.7 Å². The van der Waals surface area contributed by atoms with Gasteiger partial charge in [0.15, 0.2) is 0 Å². The number of amides is 2. The molecule has 7 heteroatoms. The molecule has 0 saturated carbocycles. The summed E-state index contributed by atoms with van der Waals surface area (Å²) in [4.78, 5) is 40.9. The van der Waals surface area contributed by atoms with Gasteiger partial charge in [-0.25, -0.2) is 4.79 Å². The summed E-state index contributed by atoms with van der Waals surface area (Å²) < 4.78 is 5.08. The molecule has 0 heterocycles. The third-order valence-corrected chi connectivity index (χ3v) is 6.49. The van der Waals surface area contributed by atoms with E-state index in [2.05, 4.69) is 10.6 Å². The van der Waals surface area contributed by atoms with Crippen LogP contribution in [0.1, 0.15) is 67.4 Å². The first kappa shape index (κ1) is 30.4. The fourth-order valence-electron chi connectivity index (χ4n) is 4.20. The minimum Gasteiger partial charge on any atom is -0.463 e. The highest BCUT2D eigenvalue weighted by atomic mass is 16.5. The number of hydrogen-bond acceptors (Lipinski definition) is 5. The largest absolute Gasteiger partial charge is 0.463 e. The maximum atomic E-state index is 13.7. The van der Waals surface area contributed by atoms with E-state index in [1.54, 1.807) is 38.9 Å². The van der Waals surface area contributed by atoms with Crippen LogP contribution in [-0.2, 0) is 24.5 Å². The lowest BCUT2D eigenvalue weighted by Gasteiger charge is -2.39. The Morgan fingerprint density at radius 3 is 2.06 bits per heavy atom. The first-order chi connectivity index (χ1) is 16.2. The van der Waals surface area contributed by atoms with Crippen molar-refractivity contribution in [3.05, 3.63) is 47.5 Å². The maximum absolute atomic E-state index is 13.7. The van der Waals surface area contributed by atoms with Crippen LogP contribution in [0.4, 0.5) is 0 Å². The molecule has 0 bridgehead atoms. The van der Waals surface area contributed by atoms with Crippen LogP contribution in [0.15, 0.2) is 42.0 Å². The molecule has 1 aromatic rings. The van der Waals surface area contributed by atoms with E-state index in [4.69, 9.17) is 4.74 Å². The second-order valence-corrected chi connectivity index (χ2v) is 10.6. The van der Waals surface area contributed by atoms with Gasteiger partial charge in [0.05, 0.1) is 18.7 Å². The summed E-state index contributed by atoms with van der Waals surface area (Å²) in [5.41, 5.74) is 0.433. The normalized spacial score (nSPS) is 15.1. The number of carbonyl (C=O) groups excluding carboxylic acids is 3. The van der Waals surface area contributed by atoms with Gasteiger partial charge < -0.3 is 20.3 Å². The highest BCUT2D eigenvalue weighted by Gasteiger charge is 2.41. The van der Waals surface area contributed by atoms with Crippen LogP contribution in [0.5, 0.6) is 0 Å². The summed E-state index contributed by atoms with van der Waals surface area (Å²) >= 11 is 0. The molecule has 196 valence electrons. The molecule has 0 fully saturated rings. The van der Waals surface area contributed by atoms with Crippen LogP contribution in [0, 0.1) is 5.41 Å². The Morgan fingerprint density at radius 2 is 1.60 bits per heavy atom. The molecule has 1 aromatic carbocycles. The van der Waals surface area contributed by atoms with E-state index < -0.39 is 28.9 Å². The summed E-state index contributed by atoms with van der Waals surface area (Å²) in [5, 5.41) is 6.19. The summed E-state index contributed by atoms with van der Waals surface area (Å²) in [6.07, 6.45) is 2.37. The number of nitrogens with one attached hydrogen (secondary N) is 2. The van der Waals surface area contributed by atoms with E-state index in [9.17, 15) is 14.4 Å². The highest BCUT2D eigenvalue weighted by molar-refractivity contribution is 5.92. The van der Waals surface area contributed by atoms with Crippen molar-refractivity contribution < 1.29 is 19.1 Å². The molecular formula is C28H45N3O4. The lowest BCUT2D eigenvalue weighted by Crippen LogP contribution is -2.61. The van der Waals surface area contributed by atoms with Crippen molar-refractivity contribution >= 4 is 17.8 Å². The molecule has 0 saturated heterocycles. The molecule has 2 amide bonds.